The smallest absolute Gasteiger partial charge is 0.252 e. The van der Waals surface area contributed by atoms with Crippen LogP contribution in [0.4, 0.5) is 9.52 Å². The summed E-state index contributed by atoms with van der Waals surface area (Å²) in [6.07, 6.45) is 3.22. The molecule has 0 spiro atoms. The van der Waals surface area contributed by atoms with E-state index in [0.29, 0.717) is 34.4 Å². The number of carbonyl (C=O) groups excluding carboxylic acids is 1. The van der Waals surface area contributed by atoms with E-state index in [1.807, 2.05) is 37.2 Å². The van der Waals surface area contributed by atoms with E-state index >= 15 is 0 Å². The summed E-state index contributed by atoms with van der Waals surface area (Å²) in [6, 6.07) is 10.3. The van der Waals surface area contributed by atoms with Gasteiger partial charge in [-0.05, 0) is 50.0 Å². The van der Waals surface area contributed by atoms with E-state index in [2.05, 4.69) is 4.98 Å². The van der Waals surface area contributed by atoms with Crippen LogP contribution in [-0.4, -0.2) is 49.8 Å². The largest absolute Gasteiger partial charge is 0.454 e. The second-order valence-electron chi connectivity index (χ2n) is 6.82. The van der Waals surface area contributed by atoms with Crippen molar-refractivity contribution in [2.45, 2.75) is 0 Å². The number of hydrogen-bond donors (Lipinski definition) is 0. The first-order chi connectivity index (χ1) is 14.0. The van der Waals surface area contributed by atoms with E-state index in [4.69, 9.17) is 9.47 Å². The molecule has 2 heterocycles. The summed E-state index contributed by atoms with van der Waals surface area (Å²) in [5.74, 6) is 0.744. The number of hydrogen-bond acceptors (Lipinski definition) is 6. The lowest BCUT2D eigenvalue weighted by Crippen LogP contribution is -2.35. The van der Waals surface area contributed by atoms with Crippen LogP contribution in [0.25, 0.3) is 16.3 Å². The first kappa shape index (κ1) is 19.4. The number of nitrogens with zero attached hydrogens (tertiary/aromatic N) is 3. The minimum absolute atomic E-state index is 0.202. The molecule has 1 aromatic heterocycles. The first-order valence-electron chi connectivity index (χ1n) is 9.10. The van der Waals surface area contributed by atoms with Crippen LogP contribution in [0.15, 0.2) is 42.5 Å². The molecule has 29 heavy (non-hydrogen) atoms. The van der Waals surface area contributed by atoms with Gasteiger partial charge in [-0.3, -0.25) is 9.69 Å². The third kappa shape index (κ3) is 4.23. The number of likely N-dealkylation sites (N-methyl/N-ethyl adjacent to an activating group) is 1. The highest BCUT2D eigenvalue weighted by Gasteiger charge is 2.19. The fourth-order valence-electron chi connectivity index (χ4n) is 2.89. The van der Waals surface area contributed by atoms with E-state index in [-0.39, 0.29) is 24.0 Å². The number of rotatable bonds is 6. The van der Waals surface area contributed by atoms with Gasteiger partial charge in [-0.2, -0.15) is 0 Å². The lowest BCUT2D eigenvalue weighted by molar-refractivity contribution is -0.114. The van der Waals surface area contributed by atoms with E-state index in [1.54, 1.807) is 23.1 Å². The highest BCUT2D eigenvalue weighted by molar-refractivity contribution is 7.22. The second-order valence-corrected chi connectivity index (χ2v) is 7.83. The van der Waals surface area contributed by atoms with Crippen LogP contribution in [0, 0.1) is 5.82 Å². The Morgan fingerprint density at radius 1 is 1.21 bits per heavy atom. The number of thiazole rings is 1. The van der Waals surface area contributed by atoms with Crippen molar-refractivity contribution >= 4 is 38.7 Å². The highest BCUT2D eigenvalue weighted by atomic mass is 32.1. The Labute approximate surface area is 171 Å². The SMILES string of the molecule is CN(C)CCN(C(=O)C=Cc1ccc2c(c1)OCO2)c1nc2c(F)cccc2s1. The van der Waals surface area contributed by atoms with E-state index < -0.39 is 0 Å². The molecule has 6 nitrogen and oxygen atoms in total. The molecule has 8 heteroatoms. The highest BCUT2D eigenvalue weighted by Crippen LogP contribution is 2.33. The molecule has 4 rings (SSSR count). The Hall–Kier alpha value is -2.97. The standard InChI is InChI=1S/C21H20FN3O3S/c1-24(2)10-11-25(21-23-20-15(22)4-3-5-18(20)29-21)19(26)9-7-14-6-8-16-17(12-14)28-13-27-16/h3-9,12H,10-11,13H2,1-2H3. The fourth-order valence-corrected chi connectivity index (χ4v) is 3.90. The molecule has 0 radical (unpaired) electrons. The van der Waals surface area contributed by atoms with Gasteiger partial charge >= 0.3 is 0 Å². The Bertz CT molecular complexity index is 1080. The van der Waals surface area contributed by atoms with Crippen LogP contribution in [0.1, 0.15) is 5.56 Å². The van der Waals surface area contributed by atoms with Crippen LogP contribution in [0.3, 0.4) is 0 Å². The lowest BCUT2D eigenvalue weighted by atomic mass is 10.2. The average Bonchev–Trinajstić information content (AvgIpc) is 3.33. The van der Waals surface area contributed by atoms with E-state index in [0.717, 1.165) is 5.56 Å². The Balaban J connectivity index is 1.59. The zero-order chi connectivity index (χ0) is 20.4. The molecule has 0 unspecified atom stereocenters. The number of fused-ring (bicyclic) bond motifs is 2. The molecule has 1 aliphatic rings. The van der Waals surface area contributed by atoms with E-state index in [1.165, 1.54) is 23.5 Å². The second kappa shape index (κ2) is 8.18. The van der Waals surface area contributed by atoms with Gasteiger partial charge in [0, 0.05) is 19.2 Å². The fraction of sp³-hybridized carbons (Fsp3) is 0.238. The molecule has 0 aliphatic carbocycles. The predicted molar refractivity (Wildman–Crippen MR) is 112 cm³/mol. The molecule has 1 amide bonds. The minimum Gasteiger partial charge on any atom is -0.454 e. The summed E-state index contributed by atoms with van der Waals surface area (Å²) < 4.78 is 25.4. The molecule has 3 aromatic rings. The Kier molecular flexibility index (Phi) is 5.46. The first-order valence-corrected chi connectivity index (χ1v) is 9.92. The van der Waals surface area contributed by atoms with Gasteiger partial charge in [0.15, 0.2) is 16.6 Å². The summed E-state index contributed by atoms with van der Waals surface area (Å²) in [5.41, 5.74) is 1.11. The lowest BCUT2D eigenvalue weighted by Gasteiger charge is -2.20. The molecule has 1 aliphatic heterocycles. The predicted octanol–water partition coefficient (Wildman–Crippen LogP) is 3.77. The summed E-state index contributed by atoms with van der Waals surface area (Å²) in [7, 11) is 3.87. The van der Waals surface area contributed by atoms with Crippen molar-refractivity contribution in [3.8, 4) is 11.5 Å². The topological polar surface area (TPSA) is 54.9 Å². The number of anilines is 1. The summed E-state index contributed by atoms with van der Waals surface area (Å²) in [4.78, 5) is 20.9. The molecule has 0 fully saturated rings. The van der Waals surface area contributed by atoms with Crippen LogP contribution >= 0.6 is 11.3 Å². The van der Waals surface area contributed by atoms with Crippen molar-refractivity contribution in [2.24, 2.45) is 0 Å². The number of aromatic nitrogens is 1. The molecule has 0 atom stereocenters. The average molecular weight is 413 g/mol. The van der Waals surface area contributed by atoms with Gasteiger partial charge in [0.05, 0.1) is 4.70 Å². The van der Waals surface area contributed by atoms with Gasteiger partial charge in [-0.1, -0.05) is 23.5 Å². The van der Waals surface area contributed by atoms with Crippen LogP contribution in [0.2, 0.25) is 0 Å². The number of halogens is 1. The number of ether oxygens (including phenoxy) is 2. The molecule has 0 N–H and O–H groups in total. The maximum atomic E-state index is 14.1. The third-order valence-electron chi connectivity index (χ3n) is 4.44. The minimum atomic E-state index is -0.388. The van der Waals surface area contributed by atoms with Crippen molar-refractivity contribution in [3.05, 3.63) is 53.9 Å². The maximum absolute atomic E-state index is 14.1. The number of para-hydroxylation sites is 1. The molecule has 2 aromatic carbocycles. The third-order valence-corrected chi connectivity index (χ3v) is 5.48. The zero-order valence-corrected chi connectivity index (χ0v) is 16.9. The van der Waals surface area contributed by atoms with Gasteiger partial charge in [0.1, 0.15) is 11.3 Å². The van der Waals surface area contributed by atoms with Crippen LogP contribution < -0.4 is 14.4 Å². The maximum Gasteiger partial charge on any atom is 0.252 e. The number of amides is 1. The molecular weight excluding hydrogens is 393 g/mol. The van der Waals surface area contributed by atoms with Gasteiger partial charge in [-0.25, -0.2) is 9.37 Å². The number of benzene rings is 2. The quantitative estimate of drug-likeness (QED) is 0.576. The van der Waals surface area contributed by atoms with Gasteiger partial charge < -0.3 is 14.4 Å². The van der Waals surface area contributed by atoms with Crippen molar-refractivity contribution in [2.75, 3.05) is 38.9 Å². The van der Waals surface area contributed by atoms with Crippen molar-refractivity contribution in [1.29, 1.82) is 0 Å². The summed E-state index contributed by atoms with van der Waals surface area (Å²) in [6.45, 7) is 1.30. The zero-order valence-electron chi connectivity index (χ0n) is 16.1. The van der Waals surface area contributed by atoms with Crippen molar-refractivity contribution < 1.29 is 18.7 Å². The van der Waals surface area contributed by atoms with E-state index in [9.17, 15) is 9.18 Å². The molecule has 0 saturated heterocycles. The van der Waals surface area contributed by atoms with Crippen LogP contribution in [0.5, 0.6) is 11.5 Å². The molecule has 0 bridgehead atoms. The molecule has 150 valence electrons. The van der Waals surface area contributed by atoms with Gasteiger partial charge in [-0.15, -0.1) is 0 Å². The normalized spacial score (nSPS) is 13.0. The molecular formula is C21H20FN3O3S. The van der Waals surface area contributed by atoms with Crippen molar-refractivity contribution in [3.63, 3.8) is 0 Å². The van der Waals surface area contributed by atoms with Crippen molar-refractivity contribution in [1.82, 2.24) is 9.88 Å². The summed E-state index contributed by atoms with van der Waals surface area (Å²) >= 11 is 1.30. The Morgan fingerprint density at radius 2 is 2.03 bits per heavy atom. The summed E-state index contributed by atoms with van der Waals surface area (Å²) in [5, 5.41) is 0.479. The van der Waals surface area contributed by atoms with Crippen LogP contribution in [-0.2, 0) is 4.79 Å². The number of carbonyl (C=O) groups is 1. The van der Waals surface area contributed by atoms with Gasteiger partial charge in [0.25, 0.3) is 5.91 Å². The monoisotopic (exact) mass is 413 g/mol. The molecule has 0 saturated carbocycles. The van der Waals surface area contributed by atoms with Gasteiger partial charge in [0.2, 0.25) is 6.79 Å². The Morgan fingerprint density at radius 3 is 2.83 bits per heavy atom.